The Morgan fingerprint density at radius 3 is 2.14 bits per heavy atom. The molecule has 0 aliphatic rings. The third-order valence-electron chi connectivity index (χ3n) is 4.65. The van der Waals surface area contributed by atoms with Crippen LogP contribution in [0.25, 0.3) is 22.3 Å². The van der Waals surface area contributed by atoms with Gasteiger partial charge in [-0.3, -0.25) is 4.72 Å². The van der Waals surface area contributed by atoms with Crippen LogP contribution in [-0.2, 0) is 19.3 Å². The van der Waals surface area contributed by atoms with Crippen LogP contribution in [0.1, 0.15) is 52.7 Å². The lowest BCUT2D eigenvalue weighted by atomic mass is 9.97. The predicted molar refractivity (Wildman–Crippen MR) is 131 cm³/mol. The Morgan fingerprint density at radius 1 is 0.971 bits per heavy atom. The van der Waals surface area contributed by atoms with E-state index in [4.69, 9.17) is 0 Å². The third-order valence-corrected chi connectivity index (χ3v) is 5.55. The number of alkyl halides is 5. The summed E-state index contributed by atoms with van der Waals surface area (Å²) in [6, 6.07) is 6.08. The van der Waals surface area contributed by atoms with Crippen molar-refractivity contribution in [2.45, 2.75) is 65.6 Å². The number of benzene rings is 1. The fraction of sp³-hybridized carbons (Fsp3) is 0.480. The largest absolute Gasteiger partial charge is 0.417 e. The second kappa shape index (κ2) is 11.2. The van der Waals surface area contributed by atoms with Crippen LogP contribution >= 0.6 is 11.9 Å². The zero-order valence-corrected chi connectivity index (χ0v) is 21.5. The van der Waals surface area contributed by atoms with E-state index in [-0.39, 0.29) is 21.4 Å². The number of halogens is 6. The number of nitrogens with one attached hydrogen (secondary N) is 1. The molecule has 0 aliphatic heterocycles. The van der Waals surface area contributed by atoms with Crippen LogP contribution in [-0.4, -0.2) is 21.2 Å². The standard InChI is InChI=1S/C24H29F4N3S.CH2F2/c1-22(2,3)14-31-13-15(12-29-32-23(4,5)6)17-9-10-20(30-21(17)31)18-8-7-16(25)11-19(18)24(26,27)28;2-1-3/h7-11,13,29H,12,14H2,1-6H3;1H2. The molecule has 0 saturated carbocycles. The molecule has 1 N–H and O–H groups in total. The maximum atomic E-state index is 13.6. The molecule has 10 heteroatoms. The maximum Gasteiger partial charge on any atom is 0.417 e. The second-order valence-electron chi connectivity index (χ2n) is 10.2. The lowest BCUT2D eigenvalue weighted by molar-refractivity contribution is -0.137. The highest BCUT2D eigenvalue weighted by Crippen LogP contribution is 2.38. The Balaban J connectivity index is 0.00000137. The van der Waals surface area contributed by atoms with Gasteiger partial charge in [0, 0.05) is 35.0 Å². The first-order valence-electron chi connectivity index (χ1n) is 10.9. The van der Waals surface area contributed by atoms with Gasteiger partial charge in [-0.15, -0.1) is 0 Å². The first kappa shape index (κ1) is 29.0. The molecular formula is C25H31F6N3S. The molecule has 0 aliphatic carbocycles. The molecule has 3 nitrogen and oxygen atoms in total. The number of hydrogen-bond donors (Lipinski definition) is 1. The molecule has 3 aromatic rings. The van der Waals surface area contributed by atoms with Gasteiger partial charge in [-0.2, -0.15) is 13.2 Å². The van der Waals surface area contributed by atoms with Crippen LogP contribution in [0.3, 0.4) is 0 Å². The van der Waals surface area contributed by atoms with Crippen LogP contribution in [0.15, 0.2) is 36.5 Å². The van der Waals surface area contributed by atoms with Crippen molar-refractivity contribution in [3.63, 3.8) is 0 Å². The van der Waals surface area contributed by atoms with Gasteiger partial charge in [0.15, 0.2) is 0 Å². The summed E-state index contributed by atoms with van der Waals surface area (Å²) >= 11 is 1.63. The van der Waals surface area contributed by atoms with Crippen LogP contribution in [0.4, 0.5) is 26.3 Å². The first-order valence-corrected chi connectivity index (χ1v) is 11.8. The van der Waals surface area contributed by atoms with Gasteiger partial charge in [0.05, 0.1) is 11.3 Å². The molecule has 0 unspecified atom stereocenters. The van der Waals surface area contributed by atoms with E-state index >= 15 is 0 Å². The molecule has 0 fully saturated rings. The molecule has 0 saturated heterocycles. The summed E-state index contributed by atoms with van der Waals surface area (Å²) in [6.07, 6.45) is -2.67. The van der Waals surface area contributed by atoms with Gasteiger partial charge in [-0.1, -0.05) is 32.7 Å². The summed E-state index contributed by atoms with van der Waals surface area (Å²) < 4.78 is 78.9. The SMILES string of the molecule is CC(C)(C)Cn1cc(CNSC(C)(C)C)c2ccc(-c3ccc(F)cc3C(F)(F)F)nc21.FCF. The predicted octanol–water partition coefficient (Wildman–Crippen LogP) is 8.33. The first-order chi connectivity index (χ1) is 16.1. The zero-order chi connectivity index (χ0) is 26.6. The smallest absolute Gasteiger partial charge is 0.332 e. The van der Waals surface area contributed by atoms with Crippen molar-refractivity contribution in [2.75, 3.05) is 6.93 Å². The van der Waals surface area contributed by atoms with Gasteiger partial charge in [0.25, 0.3) is 0 Å². The fourth-order valence-electron chi connectivity index (χ4n) is 3.46. The molecule has 3 rings (SSSR count). The average molecular weight is 520 g/mol. The van der Waals surface area contributed by atoms with Gasteiger partial charge in [0.1, 0.15) is 11.5 Å². The van der Waals surface area contributed by atoms with E-state index in [0.29, 0.717) is 24.8 Å². The van der Waals surface area contributed by atoms with Gasteiger partial charge in [-0.25, -0.2) is 18.2 Å². The molecular weight excluding hydrogens is 488 g/mol. The molecule has 2 heterocycles. The van der Waals surface area contributed by atoms with Crippen molar-refractivity contribution >= 4 is 23.0 Å². The molecule has 0 atom stereocenters. The van der Waals surface area contributed by atoms with E-state index in [2.05, 4.69) is 51.2 Å². The Hall–Kier alpha value is -2.20. The molecule has 194 valence electrons. The Kier molecular flexibility index (Phi) is 9.33. The van der Waals surface area contributed by atoms with Crippen molar-refractivity contribution in [1.82, 2.24) is 14.3 Å². The fourth-order valence-corrected chi connectivity index (χ4v) is 4.12. The Morgan fingerprint density at radius 2 is 1.60 bits per heavy atom. The van der Waals surface area contributed by atoms with Gasteiger partial charge < -0.3 is 4.57 Å². The van der Waals surface area contributed by atoms with Gasteiger partial charge in [-0.05, 0) is 62.1 Å². The van der Waals surface area contributed by atoms with E-state index in [1.54, 1.807) is 24.1 Å². The summed E-state index contributed by atoms with van der Waals surface area (Å²) in [5, 5.41) is 0.885. The van der Waals surface area contributed by atoms with Crippen LogP contribution in [0.2, 0.25) is 0 Å². The molecule has 0 radical (unpaired) electrons. The van der Waals surface area contributed by atoms with Crippen molar-refractivity contribution in [1.29, 1.82) is 0 Å². The number of rotatable bonds is 5. The number of pyridine rings is 1. The van der Waals surface area contributed by atoms with Gasteiger partial charge >= 0.3 is 6.18 Å². The summed E-state index contributed by atoms with van der Waals surface area (Å²) in [6.45, 7) is 12.1. The second-order valence-corrected chi connectivity index (χ2v) is 12.0. The highest BCUT2D eigenvalue weighted by Gasteiger charge is 2.34. The number of hydrogen-bond acceptors (Lipinski definition) is 3. The van der Waals surface area contributed by atoms with Crippen LogP contribution in [0, 0.1) is 11.2 Å². The van der Waals surface area contributed by atoms with Crippen molar-refractivity contribution in [3.8, 4) is 11.3 Å². The number of nitrogens with zero attached hydrogens (tertiary/aromatic N) is 2. The highest BCUT2D eigenvalue weighted by atomic mass is 32.2. The molecule has 1 aromatic carbocycles. The number of fused-ring (bicyclic) bond motifs is 1. The highest BCUT2D eigenvalue weighted by molar-refractivity contribution is 7.98. The van der Waals surface area contributed by atoms with Crippen LogP contribution < -0.4 is 4.72 Å². The Bertz CT molecular complexity index is 1130. The average Bonchev–Trinajstić information content (AvgIpc) is 3.02. The van der Waals surface area contributed by atoms with E-state index < -0.39 is 24.5 Å². The molecule has 2 aromatic heterocycles. The summed E-state index contributed by atoms with van der Waals surface area (Å²) in [7, 11) is 0. The monoisotopic (exact) mass is 519 g/mol. The van der Waals surface area contributed by atoms with Crippen LogP contribution in [0.5, 0.6) is 0 Å². The Labute approximate surface area is 206 Å². The summed E-state index contributed by atoms with van der Waals surface area (Å²) in [4.78, 5) is 4.62. The molecule has 0 amide bonds. The minimum Gasteiger partial charge on any atom is -0.332 e. The van der Waals surface area contributed by atoms with Crippen molar-refractivity contribution in [3.05, 3.63) is 53.5 Å². The lowest BCUT2D eigenvalue weighted by Gasteiger charge is -2.19. The zero-order valence-electron chi connectivity index (χ0n) is 20.7. The molecule has 0 bridgehead atoms. The van der Waals surface area contributed by atoms with Crippen molar-refractivity contribution < 1.29 is 26.3 Å². The quantitative estimate of drug-likeness (QED) is 0.271. The summed E-state index contributed by atoms with van der Waals surface area (Å²) in [5.74, 6) is -0.928. The molecule has 35 heavy (non-hydrogen) atoms. The minimum atomic E-state index is -4.68. The topological polar surface area (TPSA) is 29.9 Å². The van der Waals surface area contributed by atoms with E-state index in [1.807, 2.05) is 10.8 Å². The van der Waals surface area contributed by atoms with Crippen molar-refractivity contribution in [2.24, 2.45) is 5.41 Å². The minimum absolute atomic E-state index is 0.0474. The molecule has 0 spiro atoms. The van der Waals surface area contributed by atoms with E-state index in [9.17, 15) is 26.3 Å². The maximum absolute atomic E-state index is 13.6. The van der Waals surface area contributed by atoms with E-state index in [0.717, 1.165) is 23.1 Å². The summed E-state index contributed by atoms with van der Waals surface area (Å²) in [5.41, 5.74) is 0.597. The normalized spacial score (nSPS) is 12.6. The van der Waals surface area contributed by atoms with Gasteiger partial charge in [0.2, 0.25) is 6.93 Å². The lowest BCUT2D eigenvalue weighted by Crippen LogP contribution is -2.17. The third kappa shape index (κ3) is 8.45. The number of aromatic nitrogens is 2. The van der Waals surface area contributed by atoms with E-state index in [1.165, 1.54) is 0 Å².